The Morgan fingerprint density at radius 2 is 1.89 bits per heavy atom. The zero-order valence-corrected chi connectivity index (χ0v) is 11.4. The van der Waals surface area contributed by atoms with Crippen LogP contribution < -0.4 is 5.73 Å². The fourth-order valence-corrected chi connectivity index (χ4v) is 3.14. The number of halogens is 2. The molecule has 0 aliphatic heterocycles. The first-order valence-corrected chi connectivity index (χ1v) is 7.25. The van der Waals surface area contributed by atoms with Crippen molar-refractivity contribution < 1.29 is 4.39 Å². The van der Waals surface area contributed by atoms with E-state index in [1.54, 1.807) is 6.07 Å². The molecule has 0 saturated heterocycles. The summed E-state index contributed by atoms with van der Waals surface area (Å²) in [5, 5.41) is 0.581. The molecule has 100 valence electrons. The SMILES string of the molecule is NC(CC1CCCCCC1)c1cc(F)ccc1Cl. The minimum absolute atomic E-state index is 0.142. The van der Waals surface area contributed by atoms with E-state index in [1.807, 2.05) is 0 Å². The van der Waals surface area contributed by atoms with Gasteiger partial charge in [-0.15, -0.1) is 0 Å². The van der Waals surface area contributed by atoms with Gasteiger partial charge < -0.3 is 5.73 Å². The number of hydrogen-bond donors (Lipinski definition) is 1. The number of benzene rings is 1. The summed E-state index contributed by atoms with van der Waals surface area (Å²) < 4.78 is 13.2. The Morgan fingerprint density at radius 1 is 1.22 bits per heavy atom. The molecular weight excluding hydrogens is 249 g/mol. The summed E-state index contributed by atoms with van der Waals surface area (Å²) in [6.07, 6.45) is 8.70. The normalized spacial score (nSPS) is 19.5. The lowest BCUT2D eigenvalue weighted by atomic mass is 9.90. The minimum atomic E-state index is -0.259. The molecule has 2 N–H and O–H groups in total. The summed E-state index contributed by atoms with van der Waals surface area (Å²) in [5.41, 5.74) is 6.95. The van der Waals surface area contributed by atoms with E-state index < -0.39 is 0 Å². The van der Waals surface area contributed by atoms with Crippen molar-refractivity contribution in [2.75, 3.05) is 0 Å². The Kier molecular flexibility index (Phi) is 5.02. The maximum Gasteiger partial charge on any atom is 0.123 e. The van der Waals surface area contributed by atoms with Gasteiger partial charge in [0.25, 0.3) is 0 Å². The zero-order valence-electron chi connectivity index (χ0n) is 10.7. The highest BCUT2D eigenvalue weighted by molar-refractivity contribution is 6.31. The van der Waals surface area contributed by atoms with E-state index >= 15 is 0 Å². The molecule has 1 unspecified atom stereocenters. The molecule has 1 aliphatic carbocycles. The number of rotatable bonds is 3. The highest BCUT2D eigenvalue weighted by Crippen LogP contribution is 2.32. The van der Waals surface area contributed by atoms with Crippen LogP contribution in [-0.2, 0) is 0 Å². The smallest absolute Gasteiger partial charge is 0.123 e. The molecule has 0 aromatic heterocycles. The van der Waals surface area contributed by atoms with Crippen LogP contribution in [0, 0.1) is 11.7 Å². The molecule has 0 heterocycles. The Morgan fingerprint density at radius 3 is 2.56 bits per heavy atom. The van der Waals surface area contributed by atoms with Crippen molar-refractivity contribution in [2.45, 2.75) is 51.0 Å². The van der Waals surface area contributed by atoms with E-state index in [0.717, 1.165) is 12.0 Å². The highest BCUT2D eigenvalue weighted by Gasteiger charge is 2.18. The third kappa shape index (κ3) is 3.69. The average molecular weight is 270 g/mol. The highest BCUT2D eigenvalue weighted by atomic mass is 35.5. The van der Waals surface area contributed by atoms with Gasteiger partial charge in [0.2, 0.25) is 0 Å². The van der Waals surface area contributed by atoms with Crippen molar-refractivity contribution in [1.29, 1.82) is 0 Å². The topological polar surface area (TPSA) is 26.0 Å². The van der Waals surface area contributed by atoms with Crippen LogP contribution >= 0.6 is 11.6 Å². The average Bonchev–Trinajstić information content (AvgIpc) is 2.61. The van der Waals surface area contributed by atoms with Gasteiger partial charge in [-0.25, -0.2) is 4.39 Å². The molecule has 18 heavy (non-hydrogen) atoms. The second-order valence-corrected chi connectivity index (χ2v) is 5.77. The molecule has 3 heteroatoms. The third-order valence-electron chi connectivity index (χ3n) is 3.92. The molecule has 1 aromatic carbocycles. The van der Waals surface area contributed by atoms with Crippen LogP contribution in [0.25, 0.3) is 0 Å². The minimum Gasteiger partial charge on any atom is -0.324 e. The molecule has 1 nitrogen and oxygen atoms in total. The van der Waals surface area contributed by atoms with E-state index in [-0.39, 0.29) is 11.9 Å². The van der Waals surface area contributed by atoms with Gasteiger partial charge in [-0.05, 0) is 36.1 Å². The van der Waals surface area contributed by atoms with Crippen molar-refractivity contribution in [3.63, 3.8) is 0 Å². The Balaban J connectivity index is 2.01. The second-order valence-electron chi connectivity index (χ2n) is 5.37. The van der Waals surface area contributed by atoms with Gasteiger partial charge in [0.05, 0.1) is 0 Å². The predicted molar refractivity (Wildman–Crippen MR) is 74.1 cm³/mol. The van der Waals surface area contributed by atoms with E-state index in [9.17, 15) is 4.39 Å². The Labute approximate surface area is 114 Å². The van der Waals surface area contributed by atoms with E-state index in [0.29, 0.717) is 10.9 Å². The first-order valence-electron chi connectivity index (χ1n) is 6.87. The lowest BCUT2D eigenvalue weighted by Crippen LogP contribution is -2.16. The molecule has 1 fully saturated rings. The number of hydrogen-bond acceptors (Lipinski definition) is 1. The maximum atomic E-state index is 13.2. The van der Waals surface area contributed by atoms with Crippen molar-refractivity contribution in [3.05, 3.63) is 34.6 Å². The summed E-state index contributed by atoms with van der Waals surface area (Å²) in [5.74, 6) is 0.410. The van der Waals surface area contributed by atoms with E-state index in [1.165, 1.54) is 50.7 Å². The van der Waals surface area contributed by atoms with Crippen LogP contribution in [0.1, 0.15) is 56.6 Å². The summed E-state index contributed by atoms with van der Waals surface area (Å²) >= 11 is 6.09. The van der Waals surface area contributed by atoms with Crippen molar-refractivity contribution >= 4 is 11.6 Å². The monoisotopic (exact) mass is 269 g/mol. The molecule has 0 radical (unpaired) electrons. The molecule has 2 rings (SSSR count). The first kappa shape index (κ1) is 13.8. The lowest BCUT2D eigenvalue weighted by molar-refractivity contribution is 0.392. The van der Waals surface area contributed by atoms with Crippen LogP contribution in [-0.4, -0.2) is 0 Å². The Hall–Kier alpha value is -0.600. The molecule has 1 aliphatic rings. The summed E-state index contributed by atoms with van der Waals surface area (Å²) in [6, 6.07) is 4.31. The van der Waals surface area contributed by atoms with Crippen molar-refractivity contribution in [1.82, 2.24) is 0 Å². The van der Waals surface area contributed by atoms with Crippen LogP contribution in [0.3, 0.4) is 0 Å². The zero-order chi connectivity index (χ0) is 13.0. The molecule has 1 saturated carbocycles. The van der Waals surface area contributed by atoms with Gasteiger partial charge in [-0.3, -0.25) is 0 Å². The Bertz CT molecular complexity index is 386. The van der Waals surface area contributed by atoms with Crippen LogP contribution in [0.5, 0.6) is 0 Å². The van der Waals surface area contributed by atoms with Crippen LogP contribution in [0.15, 0.2) is 18.2 Å². The van der Waals surface area contributed by atoms with E-state index in [2.05, 4.69) is 0 Å². The molecule has 0 spiro atoms. The summed E-state index contributed by atoms with van der Waals surface area (Å²) in [4.78, 5) is 0. The van der Waals surface area contributed by atoms with Crippen molar-refractivity contribution in [3.8, 4) is 0 Å². The molecule has 0 amide bonds. The molecule has 1 aromatic rings. The third-order valence-corrected chi connectivity index (χ3v) is 4.26. The standard InChI is InChI=1S/C15H21ClFN/c16-14-8-7-12(17)10-13(14)15(18)9-11-5-3-1-2-4-6-11/h7-8,10-11,15H,1-6,9,18H2. The lowest BCUT2D eigenvalue weighted by Gasteiger charge is -2.20. The summed E-state index contributed by atoms with van der Waals surface area (Å²) in [6.45, 7) is 0. The predicted octanol–water partition coefficient (Wildman–Crippen LogP) is 4.84. The van der Waals surface area contributed by atoms with Gasteiger partial charge in [0, 0.05) is 11.1 Å². The molecule has 1 atom stereocenters. The van der Waals surface area contributed by atoms with Crippen molar-refractivity contribution in [2.24, 2.45) is 11.7 Å². The largest absolute Gasteiger partial charge is 0.324 e. The van der Waals surface area contributed by atoms with Gasteiger partial charge in [-0.2, -0.15) is 0 Å². The maximum absolute atomic E-state index is 13.2. The number of nitrogens with two attached hydrogens (primary N) is 1. The van der Waals surface area contributed by atoms with Gasteiger partial charge in [0.1, 0.15) is 5.82 Å². The molecule has 0 bridgehead atoms. The van der Waals surface area contributed by atoms with Gasteiger partial charge in [0.15, 0.2) is 0 Å². The second kappa shape index (κ2) is 6.53. The first-order chi connectivity index (χ1) is 8.66. The quantitative estimate of drug-likeness (QED) is 0.781. The van der Waals surface area contributed by atoms with E-state index in [4.69, 9.17) is 17.3 Å². The molecular formula is C15H21ClFN. The summed E-state index contributed by atoms with van der Waals surface area (Å²) in [7, 11) is 0. The van der Waals surface area contributed by atoms with Crippen LogP contribution in [0.2, 0.25) is 5.02 Å². The fraction of sp³-hybridized carbons (Fsp3) is 0.600. The van der Waals surface area contributed by atoms with Gasteiger partial charge >= 0.3 is 0 Å². The fourth-order valence-electron chi connectivity index (χ4n) is 2.88. The van der Waals surface area contributed by atoms with Gasteiger partial charge in [-0.1, -0.05) is 50.1 Å². The van der Waals surface area contributed by atoms with Crippen LogP contribution in [0.4, 0.5) is 4.39 Å².